The Labute approximate surface area is 165 Å². The number of hydrogen-bond acceptors (Lipinski definition) is 5. The van der Waals surface area contributed by atoms with Gasteiger partial charge in [0.15, 0.2) is 0 Å². The molecule has 150 valence electrons. The molecule has 0 aliphatic heterocycles. The fourth-order valence-corrected chi connectivity index (χ4v) is 2.61. The molecule has 1 N–H and O–H groups in total. The zero-order chi connectivity index (χ0) is 20.4. The maximum atomic E-state index is 12.7. The Bertz CT molecular complexity index is 748. The van der Waals surface area contributed by atoms with Gasteiger partial charge in [-0.3, -0.25) is 5.32 Å². The minimum absolute atomic E-state index is 0.0857. The number of esters is 1. The first kappa shape index (κ1) is 21.4. The van der Waals surface area contributed by atoms with Gasteiger partial charge in [0.25, 0.3) is 0 Å². The molecule has 0 saturated carbocycles. The van der Waals surface area contributed by atoms with Crippen molar-refractivity contribution in [2.45, 2.75) is 39.7 Å². The van der Waals surface area contributed by atoms with Gasteiger partial charge >= 0.3 is 12.1 Å². The zero-order valence-corrected chi connectivity index (χ0v) is 16.5. The van der Waals surface area contributed by atoms with Crippen LogP contribution < -0.4 is 5.32 Å². The molecule has 0 fully saturated rings. The number of nitrogens with one attached hydrogen (secondary N) is 1. The fourth-order valence-electron chi connectivity index (χ4n) is 2.61. The van der Waals surface area contributed by atoms with Crippen LogP contribution in [0.3, 0.4) is 0 Å². The summed E-state index contributed by atoms with van der Waals surface area (Å²) >= 11 is 0. The summed E-state index contributed by atoms with van der Waals surface area (Å²) in [6, 6.07) is 18.7. The summed E-state index contributed by atoms with van der Waals surface area (Å²) in [6.45, 7) is 5.65. The van der Waals surface area contributed by atoms with E-state index >= 15 is 0 Å². The van der Waals surface area contributed by atoms with Crippen molar-refractivity contribution in [2.75, 3.05) is 6.61 Å². The highest BCUT2D eigenvalue weighted by molar-refractivity contribution is 5.84. The number of alkyl carbamates (subject to hydrolysis) is 1. The number of carbonyl (C=O) groups excluding carboxylic acids is 2. The van der Waals surface area contributed by atoms with Crippen LogP contribution in [-0.4, -0.2) is 24.4 Å². The van der Waals surface area contributed by atoms with E-state index in [0.29, 0.717) is 0 Å². The molecule has 6 nitrogen and oxygen atoms in total. The Morgan fingerprint density at radius 1 is 0.893 bits per heavy atom. The first-order valence-corrected chi connectivity index (χ1v) is 9.32. The quantitative estimate of drug-likeness (QED) is 0.521. The van der Waals surface area contributed by atoms with Crippen molar-refractivity contribution in [3.8, 4) is 0 Å². The number of benzene rings is 2. The summed E-state index contributed by atoms with van der Waals surface area (Å²) < 4.78 is 16.4. The molecule has 6 heteroatoms. The van der Waals surface area contributed by atoms with E-state index in [1.165, 1.54) is 0 Å². The van der Waals surface area contributed by atoms with Crippen molar-refractivity contribution in [3.63, 3.8) is 0 Å². The van der Waals surface area contributed by atoms with Gasteiger partial charge in [0.2, 0.25) is 5.72 Å². The molecule has 0 aliphatic rings. The van der Waals surface area contributed by atoms with Crippen molar-refractivity contribution in [2.24, 2.45) is 5.92 Å². The predicted octanol–water partition coefficient (Wildman–Crippen LogP) is 4.05. The Balaban J connectivity index is 2.13. The normalized spacial score (nSPS) is 12.9. The van der Waals surface area contributed by atoms with Crippen molar-refractivity contribution >= 4 is 12.1 Å². The molecule has 0 aromatic heterocycles. The standard InChI is InChI=1S/C22H27NO5/c1-4-26-20(24)22(17(2)3,28-16-19-13-9-6-10-14-19)23-21(25)27-15-18-11-7-5-8-12-18/h5-14,17H,4,15-16H2,1-3H3,(H,23,25)/t22-/m0/s1. The molecule has 0 saturated heterocycles. The summed E-state index contributed by atoms with van der Waals surface area (Å²) in [6.07, 6.45) is -0.751. The third-order valence-corrected chi connectivity index (χ3v) is 4.20. The second kappa shape index (κ2) is 10.5. The van der Waals surface area contributed by atoms with E-state index in [1.807, 2.05) is 60.7 Å². The fraction of sp³-hybridized carbons (Fsp3) is 0.364. The number of carbonyl (C=O) groups is 2. The van der Waals surface area contributed by atoms with Gasteiger partial charge in [0, 0.05) is 5.92 Å². The Hall–Kier alpha value is -2.86. The third kappa shape index (κ3) is 5.82. The topological polar surface area (TPSA) is 73.9 Å². The lowest BCUT2D eigenvalue weighted by Gasteiger charge is -2.35. The summed E-state index contributed by atoms with van der Waals surface area (Å²) in [7, 11) is 0. The van der Waals surface area contributed by atoms with E-state index < -0.39 is 17.8 Å². The molecule has 0 aliphatic carbocycles. The van der Waals surface area contributed by atoms with Gasteiger partial charge in [-0.1, -0.05) is 74.5 Å². The van der Waals surface area contributed by atoms with E-state index in [4.69, 9.17) is 14.2 Å². The van der Waals surface area contributed by atoms with Crippen molar-refractivity contribution in [1.29, 1.82) is 0 Å². The molecule has 2 rings (SSSR count). The van der Waals surface area contributed by atoms with Crippen LogP contribution in [0.2, 0.25) is 0 Å². The summed E-state index contributed by atoms with van der Waals surface area (Å²) in [5, 5.41) is 2.60. The molecule has 0 spiro atoms. The van der Waals surface area contributed by atoms with Crippen LogP contribution >= 0.6 is 0 Å². The van der Waals surface area contributed by atoms with Gasteiger partial charge in [-0.25, -0.2) is 9.59 Å². The summed E-state index contributed by atoms with van der Waals surface area (Å²) in [5.74, 6) is -1.04. The van der Waals surface area contributed by atoms with Crippen LogP contribution in [0.1, 0.15) is 31.9 Å². The smallest absolute Gasteiger partial charge is 0.410 e. The van der Waals surface area contributed by atoms with Gasteiger partial charge in [-0.2, -0.15) is 0 Å². The number of hydrogen-bond donors (Lipinski definition) is 1. The number of rotatable bonds is 9. The van der Waals surface area contributed by atoms with Crippen molar-refractivity contribution < 1.29 is 23.8 Å². The maximum Gasteiger partial charge on any atom is 0.410 e. The van der Waals surface area contributed by atoms with Crippen LogP contribution in [0.5, 0.6) is 0 Å². The van der Waals surface area contributed by atoms with E-state index in [0.717, 1.165) is 11.1 Å². The summed E-state index contributed by atoms with van der Waals surface area (Å²) in [4.78, 5) is 25.2. The molecular weight excluding hydrogens is 358 g/mol. The van der Waals surface area contributed by atoms with Gasteiger partial charge < -0.3 is 14.2 Å². The maximum absolute atomic E-state index is 12.7. The second-order valence-corrected chi connectivity index (χ2v) is 6.57. The molecule has 0 radical (unpaired) electrons. The molecule has 28 heavy (non-hydrogen) atoms. The zero-order valence-electron chi connectivity index (χ0n) is 16.5. The Kier molecular flexibility index (Phi) is 8.02. The molecule has 0 heterocycles. The lowest BCUT2D eigenvalue weighted by Crippen LogP contribution is -2.60. The van der Waals surface area contributed by atoms with Crippen molar-refractivity contribution in [3.05, 3.63) is 71.8 Å². The molecular formula is C22H27NO5. The molecule has 1 atom stereocenters. The molecule has 2 aromatic carbocycles. The van der Waals surface area contributed by atoms with Gasteiger partial charge in [-0.15, -0.1) is 0 Å². The minimum Gasteiger partial charge on any atom is -0.462 e. The highest BCUT2D eigenvalue weighted by Gasteiger charge is 2.46. The first-order valence-electron chi connectivity index (χ1n) is 9.32. The van der Waals surface area contributed by atoms with Crippen LogP contribution in [0.25, 0.3) is 0 Å². The summed E-state index contributed by atoms with van der Waals surface area (Å²) in [5.41, 5.74) is 0.0602. The average Bonchev–Trinajstić information content (AvgIpc) is 2.71. The lowest BCUT2D eigenvalue weighted by atomic mass is 9.99. The molecule has 2 aromatic rings. The van der Waals surface area contributed by atoms with E-state index in [9.17, 15) is 9.59 Å². The van der Waals surface area contributed by atoms with Gasteiger partial charge in [0.05, 0.1) is 13.2 Å². The van der Waals surface area contributed by atoms with E-state index in [1.54, 1.807) is 20.8 Å². The third-order valence-electron chi connectivity index (χ3n) is 4.20. The number of amides is 1. The van der Waals surface area contributed by atoms with Gasteiger partial charge in [0.1, 0.15) is 6.61 Å². The monoisotopic (exact) mass is 385 g/mol. The van der Waals surface area contributed by atoms with Crippen LogP contribution in [0.15, 0.2) is 60.7 Å². The van der Waals surface area contributed by atoms with E-state index in [-0.39, 0.29) is 25.7 Å². The Morgan fingerprint density at radius 3 is 1.93 bits per heavy atom. The number of ether oxygens (including phenoxy) is 3. The largest absolute Gasteiger partial charge is 0.462 e. The second-order valence-electron chi connectivity index (χ2n) is 6.57. The van der Waals surface area contributed by atoms with Crippen LogP contribution in [-0.2, 0) is 32.2 Å². The van der Waals surface area contributed by atoms with Gasteiger partial charge in [-0.05, 0) is 18.1 Å². The Morgan fingerprint density at radius 2 is 1.43 bits per heavy atom. The lowest BCUT2D eigenvalue weighted by molar-refractivity contribution is -0.187. The highest BCUT2D eigenvalue weighted by Crippen LogP contribution is 2.23. The molecule has 0 bridgehead atoms. The minimum atomic E-state index is -1.65. The van der Waals surface area contributed by atoms with Crippen molar-refractivity contribution in [1.82, 2.24) is 5.32 Å². The predicted molar refractivity (Wildman–Crippen MR) is 105 cm³/mol. The molecule has 0 unspecified atom stereocenters. The highest BCUT2D eigenvalue weighted by atomic mass is 16.6. The first-order chi connectivity index (χ1) is 13.5. The van der Waals surface area contributed by atoms with Crippen LogP contribution in [0, 0.1) is 5.92 Å². The molecule has 1 amide bonds. The SMILES string of the molecule is CCOC(=O)[C@@](NC(=O)OCc1ccccc1)(OCc1ccccc1)C(C)C. The average molecular weight is 385 g/mol. The van der Waals surface area contributed by atoms with E-state index in [2.05, 4.69) is 5.32 Å². The van der Waals surface area contributed by atoms with Crippen LogP contribution in [0.4, 0.5) is 4.79 Å².